The summed E-state index contributed by atoms with van der Waals surface area (Å²) < 4.78 is 0. The highest BCUT2D eigenvalue weighted by atomic mass is 28.3. The molecule has 2 unspecified atom stereocenters. The summed E-state index contributed by atoms with van der Waals surface area (Å²) in [6.07, 6.45) is 0. The van der Waals surface area contributed by atoms with Crippen LogP contribution in [0.2, 0.25) is 12.6 Å². The van der Waals surface area contributed by atoms with Gasteiger partial charge in [-0.25, -0.2) is 0 Å². The van der Waals surface area contributed by atoms with Gasteiger partial charge in [-0.2, -0.15) is 0 Å². The normalized spacial score (nSPS) is 17.4. The average Bonchev–Trinajstić information content (AvgIpc) is 2.19. The van der Waals surface area contributed by atoms with Crippen molar-refractivity contribution in [1.29, 1.82) is 0 Å². The van der Waals surface area contributed by atoms with Gasteiger partial charge in [-0.3, -0.25) is 0 Å². The van der Waals surface area contributed by atoms with Crippen LogP contribution in [0.5, 0.6) is 0 Å². The fraction of sp³-hybridized carbons (Fsp3) is 0.500. The Hall–Kier alpha value is -0.603. The molecule has 0 spiro atoms. The first-order valence-corrected chi connectivity index (χ1v) is 8.37. The highest BCUT2D eigenvalue weighted by Gasteiger charge is 2.29. The molecular weight excluding hydrogens is 186 g/mol. The van der Waals surface area contributed by atoms with Crippen LogP contribution in [-0.4, -0.2) is 13.7 Å². The van der Waals surface area contributed by atoms with Gasteiger partial charge < -0.3 is 5.73 Å². The summed E-state index contributed by atoms with van der Waals surface area (Å²) in [7, 11) is -1.26. The number of nitrogens with two attached hydrogens (primary N) is 1. The summed E-state index contributed by atoms with van der Waals surface area (Å²) in [5.41, 5.74) is 7.92. The van der Waals surface area contributed by atoms with Gasteiger partial charge >= 0.3 is 0 Å². The van der Waals surface area contributed by atoms with E-state index in [4.69, 9.17) is 5.73 Å². The monoisotopic (exact) mass is 207 g/mol. The van der Waals surface area contributed by atoms with Crippen molar-refractivity contribution in [3.63, 3.8) is 0 Å². The molecule has 1 nitrogen and oxygen atoms in total. The lowest BCUT2D eigenvalue weighted by molar-refractivity contribution is 0.931. The minimum Gasteiger partial charge on any atom is -0.330 e. The molecule has 1 aromatic rings. The molecule has 0 aliphatic rings. The second kappa shape index (κ2) is 4.76. The van der Waals surface area contributed by atoms with E-state index in [1.54, 1.807) is 0 Å². The molecule has 0 saturated carbocycles. The molecule has 14 heavy (non-hydrogen) atoms. The lowest BCUT2D eigenvalue weighted by Crippen LogP contribution is -2.50. The van der Waals surface area contributed by atoms with Gasteiger partial charge in [0.25, 0.3) is 0 Å². The predicted octanol–water partition coefficient (Wildman–Crippen LogP) is 2.75. The van der Waals surface area contributed by atoms with Gasteiger partial charge in [0.15, 0.2) is 0 Å². The Bertz CT molecular complexity index is 271. The fourth-order valence-electron chi connectivity index (χ4n) is 1.67. The minimum atomic E-state index is -1.26. The van der Waals surface area contributed by atoms with Crippen LogP contribution in [0, 0.1) is 0 Å². The highest BCUT2D eigenvalue weighted by Crippen LogP contribution is 2.18. The Morgan fingerprint density at radius 3 is 2.29 bits per heavy atom. The molecule has 1 aromatic carbocycles. The number of hydrogen-bond donors (Lipinski definition) is 1. The van der Waals surface area contributed by atoms with Crippen molar-refractivity contribution in [3.05, 3.63) is 35.9 Å². The quantitative estimate of drug-likeness (QED) is 0.755. The zero-order valence-electron chi connectivity index (χ0n) is 9.46. The van der Waals surface area contributed by atoms with Crippen molar-refractivity contribution in [2.45, 2.75) is 38.1 Å². The molecule has 0 amide bonds. The van der Waals surface area contributed by atoms with Crippen LogP contribution >= 0.6 is 0 Å². The molecule has 78 valence electrons. The summed E-state index contributed by atoms with van der Waals surface area (Å²) in [6.45, 7) is 6.85. The van der Waals surface area contributed by atoms with Crippen LogP contribution in [0.1, 0.15) is 19.4 Å². The highest BCUT2D eigenvalue weighted by molar-refractivity contribution is 6.79. The van der Waals surface area contributed by atoms with E-state index < -0.39 is 8.07 Å². The van der Waals surface area contributed by atoms with Crippen molar-refractivity contribution in [2.75, 3.05) is 0 Å². The third kappa shape index (κ3) is 2.69. The third-order valence-electron chi connectivity index (χ3n) is 3.36. The zero-order chi connectivity index (χ0) is 10.6. The van der Waals surface area contributed by atoms with Crippen LogP contribution < -0.4 is 5.73 Å². The van der Waals surface area contributed by atoms with Crippen molar-refractivity contribution < 1.29 is 0 Å². The molecule has 0 saturated heterocycles. The Balaban J connectivity index is 2.76. The minimum absolute atomic E-state index is 0.382. The van der Waals surface area contributed by atoms with Gasteiger partial charge in [0.1, 0.15) is 0 Å². The molecule has 0 fully saturated rings. The Morgan fingerprint density at radius 2 is 1.86 bits per heavy atom. The largest absolute Gasteiger partial charge is 0.330 e. The molecule has 0 aliphatic heterocycles. The molecule has 0 radical (unpaired) electrons. The second-order valence-corrected chi connectivity index (χ2v) is 9.74. The molecule has 0 bridgehead atoms. The first-order valence-electron chi connectivity index (χ1n) is 5.38. The summed E-state index contributed by atoms with van der Waals surface area (Å²) in [6, 6.07) is 13.2. The molecule has 2 heteroatoms. The summed E-state index contributed by atoms with van der Waals surface area (Å²) >= 11 is 0. The van der Waals surface area contributed by atoms with Gasteiger partial charge in [0.05, 0.1) is 8.07 Å². The van der Waals surface area contributed by atoms with Gasteiger partial charge in [0, 0.05) is 0 Å². The van der Waals surface area contributed by atoms with Gasteiger partial charge in [-0.1, -0.05) is 62.3 Å². The van der Waals surface area contributed by atoms with Crippen LogP contribution in [-0.2, 0) is 6.04 Å². The Morgan fingerprint density at radius 1 is 1.29 bits per heavy atom. The standard InChI is InChI=1S/C12H21NSi/c1-4-14(3,11(2)13)10-12-8-6-5-7-9-12/h5-9,11H,4,10,13H2,1-3H3. The van der Waals surface area contributed by atoms with Crippen LogP contribution in [0.15, 0.2) is 30.3 Å². The first-order chi connectivity index (χ1) is 6.58. The Labute approximate surface area is 88.3 Å². The smallest absolute Gasteiger partial charge is 0.0729 e. The van der Waals surface area contributed by atoms with E-state index in [0.717, 1.165) is 0 Å². The van der Waals surface area contributed by atoms with Crippen molar-refractivity contribution >= 4 is 8.07 Å². The van der Waals surface area contributed by atoms with E-state index in [1.165, 1.54) is 17.7 Å². The molecular formula is C12H21NSi. The SMILES string of the molecule is CC[Si](C)(Cc1ccccc1)C(C)N. The molecule has 2 N–H and O–H groups in total. The van der Waals surface area contributed by atoms with Crippen molar-refractivity contribution in [3.8, 4) is 0 Å². The van der Waals surface area contributed by atoms with Crippen molar-refractivity contribution in [1.82, 2.24) is 0 Å². The van der Waals surface area contributed by atoms with Gasteiger partial charge in [0.2, 0.25) is 0 Å². The van der Waals surface area contributed by atoms with Gasteiger partial charge in [-0.15, -0.1) is 0 Å². The maximum Gasteiger partial charge on any atom is 0.0729 e. The summed E-state index contributed by atoms with van der Waals surface area (Å²) in [5, 5.41) is 0. The van der Waals surface area contributed by atoms with E-state index in [-0.39, 0.29) is 0 Å². The van der Waals surface area contributed by atoms with E-state index in [1.807, 2.05) is 0 Å². The molecule has 0 aromatic heterocycles. The third-order valence-corrected chi connectivity index (χ3v) is 8.39. The van der Waals surface area contributed by atoms with Gasteiger partial charge in [-0.05, 0) is 11.7 Å². The fourth-order valence-corrected chi connectivity index (χ4v) is 4.05. The average molecular weight is 207 g/mol. The maximum absolute atomic E-state index is 6.09. The lowest BCUT2D eigenvalue weighted by atomic mass is 10.2. The zero-order valence-corrected chi connectivity index (χ0v) is 10.5. The number of rotatable bonds is 4. The first kappa shape index (κ1) is 11.5. The van der Waals surface area contributed by atoms with Crippen LogP contribution in [0.25, 0.3) is 0 Å². The maximum atomic E-state index is 6.09. The lowest BCUT2D eigenvalue weighted by Gasteiger charge is -2.30. The predicted molar refractivity (Wildman–Crippen MR) is 65.9 cm³/mol. The molecule has 0 aliphatic carbocycles. The number of benzene rings is 1. The summed E-state index contributed by atoms with van der Waals surface area (Å²) in [4.78, 5) is 0. The topological polar surface area (TPSA) is 26.0 Å². The number of hydrogen-bond acceptors (Lipinski definition) is 1. The van der Waals surface area contributed by atoms with E-state index >= 15 is 0 Å². The van der Waals surface area contributed by atoms with E-state index in [9.17, 15) is 0 Å². The Kier molecular flexibility index (Phi) is 3.90. The van der Waals surface area contributed by atoms with Crippen LogP contribution in [0.4, 0.5) is 0 Å². The molecule has 0 heterocycles. The summed E-state index contributed by atoms with van der Waals surface area (Å²) in [5.74, 6) is 0. The van der Waals surface area contributed by atoms with E-state index in [2.05, 4.69) is 50.7 Å². The molecule has 2 atom stereocenters. The molecule has 1 rings (SSSR count). The van der Waals surface area contributed by atoms with E-state index in [0.29, 0.717) is 5.67 Å². The van der Waals surface area contributed by atoms with Crippen molar-refractivity contribution in [2.24, 2.45) is 5.73 Å². The second-order valence-electron chi connectivity index (χ2n) is 4.46. The van der Waals surface area contributed by atoms with Crippen LogP contribution in [0.3, 0.4) is 0 Å².